The minimum atomic E-state index is -5.17. The molecule has 41 heavy (non-hydrogen) atoms. The van der Waals surface area contributed by atoms with Crippen molar-refractivity contribution < 1.29 is 56.5 Å². The second kappa shape index (κ2) is 11.8. The van der Waals surface area contributed by atoms with Gasteiger partial charge in [0.2, 0.25) is 0 Å². The number of ether oxygens (including phenoxy) is 1. The van der Waals surface area contributed by atoms with Gasteiger partial charge < -0.3 is 4.74 Å². The number of nitrogens with zero attached hydrogens (tertiary/aromatic N) is 2. The Bertz CT molecular complexity index is 1670. The lowest BCUT2D eigenvalue weighted by Gasteiger charge is -2.12. The first kappa shape index (κ1) is 31.4. The fourth-order valence-corrected chi connectivity index (χ4v) is 4.67. The van der Waals surface area contributed by atoms with E-state index in [0.29, 0.717) is 11.6 Å². The molecule has 220 valence electrons. The van der Waals surface area contributed by atoms with Crippen LogP contribution in [0.15, 0.2) is 92.9 Å². The third-order valence-electron chi connectivity index (χ3n) is 5.06. The van der Waals surface area contributed by atoms with Gasteiger partial charge >= 0.3 is 32.6 Å². The Morgan fingerprint density at radius 1 is 0.659 bits per heavy atom. The molecule has 3 rings (SSSR count). The summed E-state index contributed by atoms with van der Waals surface area (Å²) in [6.45, 7) is 1.61. The second-order valence-corrected chi connectivity index (χ2v) is 11.1. The highest BCUT2D eigenvalue weighted by molar-refractivity contribution is 7.87. The van der Waals surface area contributed by atoms with E-state index in [2.05, 4.69) is 18.9 Å². The van der Waals surface area contributed by atoms with Crippen LogP contribution in [-0.4, -0.2) is 47.7 Å². The largest absolute Gasteiger partial charge is 0.497 e. The Morgan fingerprint density at radius 2 is 1.05 bits per heavy atom. The van der Waals surface area contributed by atoms with Crippen molar-refractivity contribution in [1.29, 1.82) is 0 Å². The number of oxime groups is 2. The maximum atomic E-state index is 13.5. The van der Waals surface area contributed by atoms with E-state index in [-0.39, 0.29) is 5.75 Å². The molecule has 17 heteroatoms. The highest BCUT2D eigenvalue weighted by atomic mass is 32.2. The fraction of sp³-hybridized carbons (Fsp3) is 0.167. The average molecular weight is 625 g/mol. The monoisotopic (exact) mass is 624 g/mol. The van der Waals surface area contributed by atoms with Crippen LogP contribution in [0.4, 0.5) is 26.3 Å². The van der Waals surface area contributed by atoms with Gasteiger partial charge in [-0.15, -0.1) is 0 Å². The Hall–Kier alpha value is -4.12. The zero-order valence-electron chi connectivity index (χ0n) is 20.8. The molecule has 0 saturated heterocycles. The number of hydrogen-bond acceptors (Lipinski definition) is 9. The van der Waals surface area contributed by atoms with Crippen LogP contribution in [0.1, 0.15) is 16.7 Å². The molecule has 0 bridgehead atoms. The van der Waals surface area contributed by atoms with Crippen molar-refractivity contribution in [1.82, 2.24) is 0 Å². The van der Waals surface area contributed by atoms with Crippen molar-refractivity contribution in [2.24, 2.45) is 10.3 Å². The summed E-state index contributed by atoms with van der Waals surface area (Å²) in [5, 5.41) is 5.46. The van der Waals surface area contributed by atoms with Crippen LogP contribution < -0.4 is 4.74 Å². The molecule has 0 saturated carbocycles. The Balaban J connectivity index is 1.92. The standard InChI is InChI=1S/C24H18F6N2O7S2/c1-15-6-8-16(9-7-15)21(23(25,26)27)31-38-40(33,34)19-4-3-5-20(14-19)41(35,36)39-32-22(24(28,29)30)17-10-12-18(37-2)13-11-17/h3-14H,1-2H3/b31-21-,32-22-. The molecule has 0 fully saturated rings. The van der Waals surface area contributed by atoms with Gasteiger partial charge in [-0.1, -0.05) is 46.2 Å². The lowest BCUT2D eigenvalue weighted by Crippen LogP contribution is -2.25. The van der Waals surface area contributed by atoms with Crippen molar-refractivity contribution in [3.63, 3.8) is 0 Å². The zero-order valence-corrected chi connectivity index (χ0v) is 22.4. The fourth-order valence-electron chi connectivity index (χ4n) is 3.04. The van der Waals surface area contributed by atoms with Crippen LogP contribution in [0.5, 0.6) is 5.75 Å². The number of benzene rings is 3. The van der Waals surface area contributed by atoms with Gasteiger partial charge in [0.15, 0.2) is 11.4 Å². The van der Waals surface area contributed by atoms with Crippen LogP contribution in [0.3, 0.4) is 0 Å². The lowest BCUT2D eigenvalue weighted by molar-refractivity contribution is -0.0606. The minimum Gasteiger partial charge on any atom is -0.497 e. The summed E-state index contributed by atoms with van der Waals surface area (Å²) in [5.74, 6) is 0.203. The minimum absolute atomic E-state index is 0.203. The molecule has 0 heterocycles. The molecule has 9 nitrogen and oxygen atoms in total. The van der Waals surface area contributed by atoms with Crippen molar-refractivity contribution in [3.8, 4) is 5.75 Å². The van der Waals surface area contributed by atoms with Crippen molar-refractivity contribution in [2.75, 3.05) is 7.11 Å². The molecule has 0 N–H and O–H groups in total. The quantitative estimate of drug-likeness (QED) is 0.179. The molecule has 0 amide bonds. The van der Waals surface area contributed by atoms with Crippen LogP contribution >= 0.6 is 0 Å². The number of rotatable bonds is 9. The first-order chi connectivity index (χ1) is 18.9. The van der Waals surface area contributed by atoms with Crippen molar-refractivity contribution in [3.05, 3.63) is 89.5 Å². The molecule has 0 spiro atoms. The molecule has 0 aliphatic carbocycles. The maximum Gasteiger partial charge on any atom is 0.437 e. The van der Waals surface area contributed by atoms with E-state index < -0.39 is 64.9 Å². The third kappa shape index (κ3) is 7.97. The SMILES string of the molecule is COc1ccc(/C(=N/OS(=O)(=O)c2cccc(S(=O)(=O)O/N=C(/c3ccc(C)cc3)C(F)(F)F)c2)C(F)(F)F)cc1. The normalized spacial score (nSPS) is 13.6. The van der Waals surface area contributed by atoms with Gasteiger partial charge in [0.05, 0.1) is 7.11 Å². The molecule has 3 aromatic rings. The lowest BCUT2D eigenvalue weighted by atomic mass is 10.1. The summed E-state index contributed by atoms with van der Waals surface area (Å²) in [4.78, 5) is -1.99. The highest BCUT2D eigenvalue weighted by Gasteiger charge is 2.39. The van der Waals surface area contributed by atoms with Gasteiger partial charge in [0, 0.05) is 11.1 Å². The summed E-state index contributed by atoms with van der Waals surface area (Å²) in [6.07, 6.45) is -10.3. The van der Waals surface area contributed by atoms with Crippen LogP contribution in [0, 0.1) is 6.92 Å². The Labute approximate surface area is 229 Å². The Morgan fingerprint density at radius 3 is 1.41 bits per heavy atom. The van der Waals surface area contributed by atoms with E-state index in [4.69, 9.17) is 4.74 Å². The molecule has 0 atom stereocenters. The summed E-state index contributed by atoms with van der Waals surface area (Å²) in [5.41, 5.74) is -3.91. The van der Waals surface area contributed by atoms with E-state index in [0.717, 1.165) is 54.6 Å². The third-order valence-corrected chi connectivity index (χ3v) is 7.27. The number of methoxy groups -OCH3 is 1. The number of halogens is 6. The first-order valence-corrected chi connectivity index (χ1v) is 13.7. The maximum absolute atomic E-state index is 13.5. The van der Waals surface area contributed by atoms with Gasteiger partial charge in [0.25, 0.3) is 0 Å². The van der Waals surface area contributed by atoms with E-state index in [1.807, 2.05) is 0 Å². The molecular weight excluding hydrogens is 606 g/mol. The molecule has 0 radical (unpaired) electrons. The second-order valence-electron chi connectivity index (χ2n) is 8.00. The van der Waals surface area contributed by atoms with Gasteiger partial charge in [-0.2, -0.15) is 43.2 Å². The van der Waals surface area contributed by atoms with Crippen molar-refractivity contribution in [2.45, 2.75) is 29.1 Å². The number of hydrogen-bond donors (Lipinski definition) is 0. The van der Waals surface area contributed by atoms with E-state index >= 15 is 0 Å². The molecular formula is C24H18F6N2O7S2. The molecule has 0 aliphatic rings. The zero-order chi connectivity index (χ0) is 30.6. The van der Waals surface area contributed by atoms with Crippen molar-refractivity contribution >= 4 is 31.7 Å². The smallest absolute Gasteiger partial charge is 0.437 e. The van der Waals surface area contributed by atoms with Gasteiger partial charge in [-0.3, -0.25) is 8.57 Å². The predicted molar refractivity (Wildman–Crippen MR) is 132 cm³/mol. The molecule has 0 unspecified atom stereocenters. The van der Waals surface area contributed by atoms with Gasteiger partial charge in [0.1, 0.15) is 15.5 Å². The number of aryl methyl sites for hydroxylation is 1. The topological polar surface area (TPSA) is 121 Å². The summed E-state index contributed by atoms with van der Waals surface area (Å²) < 4.78 is 145. The predicted octanol–water partition coefficient (Wildman–Crippen LogP) is 5.35. The summed E-state index contributed by atoms with van der Waals surface area (Å²) in [6, 6.07) is 11.6. The average Bonchev–Trinajstić information content (AvgIpc) is 2.89. The van der Waals surface area contributed by atoms with E-state index in [9.17, 15) is 43.2 Å². The highest BCUT2D eigenvalue weighted by Crippen LogP contribution is 2.27. The van der Waals surface area contributed by atoms with Gasteiger partial charge in [-0.05, 0) is 49.4 Å². The summed E-state index contributed by atoms with van der Waals surface area (Å²) >= 11 is 0. The molecule has 0 aliphatic heterocycles. The first-order valence-electron chi connectivity index (χ1n) is 10.9. The molecule has 0 aromatic heterocycles. The van der Waals surface area contributed by atoms with Crippen LogP contribution in [0.25, 0.3) is 0 Å². The molecule has 3 aromatic carbocycles. The Kier molecular flexibility index (Phi) is 9.02. The van der Waals surface area contributed by atoms with E-state index in [1.54, 1.807) is 6.92 Å². The van der Waals surface area contributed by atoms with E-state index in [1.165, 1.54) is 19.2 Å². The summed E-state index contributed by atoms with van der Waals surface area (Å²) in [7, 11) is -9.05. The van der Waals surface area contributed by atoms with Gasteiger partial charge in [-0.25, -0.2) is 0 Å². The van der Waals surface area contributed by atoms with Crippen LogP contribution in [0.2, 0.25) is 0 Å². The number of alkyl halides is 6. The van der Waals surface area contributed by atoms with Crippen LogP contribution in [-0.2, 0) is 28.8 Å².